The van der Waals surface area contributed by atoms with Crippen LogP contribution < -0.4 is 56.4 Å². The summed E-state index contributed by atoms with van der Waals surface area (Å²) in [7, 11) is 0. The average Bonchev–Trinajstić information content (AvgIpc) is 2.14. The molecule has 1 heterocycles. The van der Waals surface area contributed by atoms with Crippen LogP contribution in [0.1, 0.15) is 10.5 Å². The Hall–Kier alpha value is 0.516. The molecule has 0 fully saturated rings. The Morgan fingerprint density at radius 1 is 1.75 bits per heavy atom. The van der Waals surface area contributed by atoms with Gasteiger partial charge in [-0.1, -0.05) is 12.5 Å². The van der Waals surface area contributed by atoms with Crippen LogP contribution in [0.15, 0.2) is 12.5 Å². The van der Waals surface area contributed by atoms with Gasteiger partial charge in [-0.2, -0.15) is 0 Å². The molecule has 0 aliphatic rings. The van der Waals surface area contributed by atoms with Gasteiger partial charge in [0.05, 0.1) is 0 Å². The Balaban J connectivity index is 0.000000490. The number of hydrogen-bond acceptors (Lipinski definition) is 2. The van der Waals surface area contributed by atoms with Gasteiger partial charge in [0.25, 0.3) is 0 Å². The van der Waals surface area contributed by atoms with Crippen molar-refractivity contribution in [2.45, 2.75) is 0 Å². The average molecular weight is 134 g/mol. The van der Waals surface area contributed by atoms with Gasteiger partial charge in [0.15, 0.2) is 0 Å². The second-order valence-electron chi connectivity index (χ2n) is 1.07. The zero-order valence-electron chi connectivity index (χ0n) is 4.53. The van der Waals surface area contributed by atoms with Crippen molar-refractivity contribution in [3.63, 3.8) is 0 Å². The van der Waals surface area contributed by atoms with Crippen LogP contribution in [0.4, 0.5) is 0 Å². The van der Waals surface area contributed by atoms with E-state index < -0.39 is 0 Å². The Morgan fingerprint density at radius 3 is 2.75 bits per heavy atom. The maximum Gasteiger partial charge on any atom is 1.00 e. The van der Waals surface area contributed by atoms with Crippen molar-refractivity contribution in [3.8, 4) is 0 Å². The van der Waals surface area contributed by atoms with E-state index in [1.54, 1.807) is 0 Å². The van der Waals surface area contributed by atoms with E-state index in [0.29, 0.717) is 12.0 Å². The molecule has 0 saturated carbocycles. The minimum absolute atomic E-state index is 0. The van der Waals surface area contributed by atoms with Crippen molar-refractivity contribution < 1.29 is 56.2 Å². The first-order valence-electron chi connectivity index (χ1n) is 1.81. The van der Waals surface area contributed by atoms with E-state index in [1.165, 1.54) is 12.5 Å². The molecule has 1 rings (SSSR count). The predicted molar refractivity (Wildman–Crippen MR) is 22.9 cm³/mol. The van der Waals surface area contributed by atoms with Crippen LogP contribution in [0, 0.1) is 0 Å². The van der Waals surface area contributed by atoms with Gasteiger partial charge in [0, 0.05) is 0 Å². The van der Waals surface area contributed by atoms with E-state index in [9.17, 15) is 4.79 Å². The van der Waals surface area contributed by atoms with Crippen molar-refractivity contribution in [1.82, 2.24) is 9.97 Å². The number of aromatic nitrogens is 2. The molecule has 4 heteroatoms. The number of rotatable bonds is 1. The summed E-state index contributed by atoms with van der Waals surface area (Å²) >= 11 is 0. The summed E-state index contributed by atoms with van der Waals surface area (Å²) in [5, 5.41) is 0. The number of aldehydes is 1. The molecule has 0 atom stereocenters. The topological polar surface area (TPSA) is 44.1 Å². The normalized spacial score (nSPS) is 7.50. The number of hydrogen-bond donors (Lipinski definition) is 0. The van der Waals surface area contributed by atoms with E-state index in [2.05, 4.69) is 9.97 Å². The molecule has 0 aromatic carbocycles. The maximum atomic E-state index is 9.77. The first-order chi connectivity index (χ1) is 3.43. The van der Waals surface area contributed by atoms with Gasteiger partial charge in [-0.15, -0.1) is 0 Å². The summed E-state index contributed by atoms with van der Waals surface area (Å²) in [4.78, 5) is 16.9. The summed E-state index contributed by atoms with van der Waals surface area (Å²) in [6.45, 7) is 0. The van der Waals surface area contributed by atoms with Crippen LogP contribution in [0.3, 0.4) is 0 Å². The fourth-order valence-electron chi connectivity index (χ4n) is 0.304. The second kappa shape index (κ2) is 4.40. The van der Waals surface area contributed by atoms with E-state index in [0.717, 1.165) is 0 Å². The molecule has 1 aromatic rings. The number of carbonyl (C=O) groups excluding carboxylic acids is 1. The van der Waals surface area contributed by atoms with Crippen LogP contribution in [-0.4, -0.2) is 11.3 Å². The summed E-state index contributed by atoms with van der Waals surface area (Å²) in [6, 6.07) is 0. The molecular formula is C4H3KN2O. The zero-order chi connectivity index (χ0) is 5.11. The first kappa shape index (κ1) is 8.52. The second-order valence-corrected chi connectivity index (χ2v) is 1.07. The Morgan fingerprint density at radius 2 is 2.50 bits per heavy atom. The molecule has 1 aromatic heterocycles. The quantitative estimate of drug-likeness (QED) is 0.301. The third kappa shape index (κ3) is 2.19. The molecule has 0 aliphatic carbocycles. The van der Waals surface area contributed by atoms with Crippen LogP contribution in [0.5, 0.6) is 0 Å². The molecule has 0 amide bonds. The van der Waals surface area contributed by atoms with Crippen LogP contribution in [0.25, 0.3) is 0 Å². The van der Waals surface area contributed by atoms with Gasteiger partial charge < -0.3 is 9.97 Å². The minimum atomic E-state index is 0. The fraction of sp³-hybridized carbons (Fsp3) is 0. The Kier molecular flexibility index (Phi) is 4.68. The molecule has 0 aliphatic heterocycles. The third-order valence-corrected chi connectivity index (χ3v) is 0.601. The SMILES string of the molecule is O=Cc1c[n-]cn1.[K+]. The summed E-state index contributed by atoms with van der Waals surface area (Å²) in [5.41, 5.74) is 0.389. The summed E-state index contributed by atoms with van der Waals surface area (Å²) in [5.74, 6) is 0. The van der Waals surface area contributed by atoms with Crippen molar-refractivity contribution in [2.75, 3.05) is 0 Å². The standard InChI is InChI=1S/C4H4N2O.K/c7-2-4-1-5-3-6-4;/h1-3H,(H,5,6,7);/q;+1/p-1. The molecule has 36 valence electrons. The van der Waals surface area contributed by atoms with Gasteiger partial charge >= 0.3 is 51.4 Å². The van der Waals surface area contributed by atoms with Gasteiger partial charge in [-0.25, -0.2) is 0 Å². The van der Waals surface area contributed by atoms with Gasteiger partial charge in [0.2, 0.25) is 0 Å². The largest absolute Gasteiger partial charge is 1.00 e. The molecule has 0 bridgehead atoms. The maximum absolute atomic E-state index is 9.77. The predicted octanol–water partition coefficient (Wildman–Crippen LogP) is -3.14. The molecular weight excluding hydrogens is 131 g/mol. The molecule has 0 radical (unpaired) electrons. The molecule has 0 unspecified atom stereocenters. The van der Waals surface area contributed by atoms with Crippen LogP contribution in [0.2, 0.25) is 0 Å². The number of carbonyl (C=O) groups is 1. The molecule has 3 nitrogen and oxygen atoms in total. The summed E-state index contributed by atoms with van der Waals surface area (Å²) < 4.78 is 0. The molecule has 0 saturated heterocycles. The molecule has 8 heavy (non-hydrogen) atoms. The number of imidazole rings is 1. The van der Waals surface area contributed by atoms with E-state index in [-0.39, 0.29) is 51.4 Å². The zero-order valence-corrected chi connectivity index (χ0v) is 7.66. The Bertz CT molecular complexity index is 149. The summed E-state index contributed by atoms with van der Waals surface area (Å²) in [6.07, 6.45) is 3.41. The van der Waals surface area contributed by atoms with Crippen molar-refractivity contribution in [2.24, 2.45) is 0 Å². The number of nitrogens with zero attached hydrogens (tertiary/aromatic N) is 2. The van der Waals surface area contributed by atoms with Crippen molar-refractivity contribution in [1.29, 1.82) is 0 Å². The smallest absolute Gasteiger partial charge is 0.449 e. The van der Waals surface area contributed by atoms with E-state index in [1.807, 2.05) is 0 Å². The van der Waals surface area contributed by atoms with E-state index in [4.69, 9.17) is 0 Å². The van der Waals surface area contributed by atoms with E-state index >= 15 is 0 Å². The van der Waals surface area contributed by atoms with Crippen LogP contribution >= 0.6 is 0 Å². The third-order valence-electron chi connectivity index (χ3n) is 0.601. The monoisotopic (exact) mass is 134 g/mol. The Labute approximate surface area is 89.3 Å². The van der Waals surface area contributed by atoms with Crippen molar-refractivity contribution in [3.05, 3.63) is 18.2 Å². The van der Waals surface area contributed by atoms with Gasteiger partial charge in [0.1, 0.15) is 6.29 Å². The fourth-order valence-corrected chi connectivity index (χ4v) is 0.304. The molecule has 0 spiro atoms. The van der Waals surface area contributed by atoms with Crippen molar-refractivity contribution >= 4 is 6.29 Å². The molecule has 0 N–H and O–H groups in total. The van der Waals surface area contributed by atoms with Gasteiger partial charge in [-0.05, 0) is 5.69 Å². The van der Waals surface area contributed by atoms with Crippen LogP contribution in [-0.2, 0) is 0 Å². The first-order valence-corrected chi connectivity index (χ1v) is 1.81. The van der Waals surface area contributed by atoms with Gasteiger partial charge in [-0.3, -0.25) is 4.79 Å². The minimum Gasteiger partial charge on any atom is -0.449 e.